The molecule has 10 heteroatoms. The van der Waals surface area contributed by atoms with Crippen LogP contribution in [0.4, 0.5) is 9.59 Å². The number of nitrogens with zero attached hydrogens (tertiary/aromatic N) is 2. The van der Waals surface area contributed by atoms with Crippen molar-refractivity contribution in [2.75, 3.05) is 26.2 Å². The molecule has 0 saturated carbocycles. The van der Waals surface area contributed by atoms with E-state index in [-0.39, 0.29) is 39.0 Å². The van der Waals surface area contributed by atoms with Crippen molar-refractivity contribution in [2.24, 2.45) is 0 Å². The lowest BCUT2D eigenvalue weighted by Crippen LogP contribution is -2.55. The number of hydrogen-bond donors (Lipinski definition) is 4. The summed E-state index contributed by atoms with van der Waals surface area (Å²) in [6.07, 6.45) is -3.25. The van der Waals surface area contributed by atoms with Gasteiger partial charge in [-0.2, -0.15) is 0 Å². The molecule has 0 radical (unpaired) electrons. The Kier molecular flexibility index (Phi) is 8.98. The Bertz CT molecular complexity index is 587. The topological polar surface area (TPSA) is 140 Å². The molecule has 2 atom stereocenters. The highest BCUT2D eigenvalue weighted by Crippen LogP contribution is 2.26. The van der Waals surface area contributed by atoms with Crippen molar-refractivity contribution in [3.63, 3.8) is 0 Å². The summed E-state index contributed by atoms with van der Waals surface area (Å²) in [6.45, 7) is 13.5. The van der Waals surface area contributed by atoms with Gasteiger partial charge >= 0.3 is 12.2 Å². The summed E-state index contributed by atoms with van der Waals surface area (Å²) in [5.74, 6) is 0. The minimum Gasteiger partial charge on any atom is -0.441 e. The van der Waals surface area contributed by atoms with Crippen LogP contribution in [0.15, 0.2) is 0 Å². The molecule has 0 bridgehead atoms. The summed E-state index contributed by atoms with van der Waals surface area (Å²) >= 11 is 0. The van der Waals surface area contributed by atoms with Crippen molar-refractivity contribution in [1.29, 1.82) is 0 Å². The van der Waals surface area contributed by atoms with E-state index in [0.717, 1.165) is 0 Å². The van der Waals surface area contributed by atoms with Crippen LogP contribution in [0.2, 0.25) is 0 Å². The molecule has 1 saturated heterocycles. The van der Waals surface area contributed by atoms with Gasteiger partial charge in [0.25, 0.3) is 0 Å². The van der Waals surface area contributed by atoms with Crippen LogP contribution in [-0.2, 0) is 9.47 Å². The molecule has 1 aliphatic heterocycles. The summed E-state index contributed by atoms with van der Waals surface area (Å²) < 4.78 is 10.9. The highest BCUT2D eigenvalue weighted by atomic mass is 16.6. The third kappa shape index (κ3) is 9.09. The van der Waals surface area contributed by atoms with Crippen LogP contribution in [0.5, 0.6) is 0 Å². The van der Waals surface area contributed by atoms with E-state index in [4.69, 9.17) is 9.47 Å². The van der Waals surface area contributed by atoms with E-state index in [1.54, 1.807) is 55.4 Å². The van der Waals surface area contributed by atoms with Crippen molar-refractivity contribution in [2.45, 2.75) is 103 Å². The molecule has 1 rings (SSSR count). The van der Waals surface area contributed by atoms with Crippen LogP contribution in [0, 0.1) is 0 Å². The molecule has 188 valence electrons. The van der Waals surface area contributed by atoms with Gasteiger partial charge in [-0.1, -0.05) is 0 Å². The average Bonchev–Trinajstić information content (AvgIpc) is 2.58. The van der Waals surface area contributed by atoms with Gasteiger partial charge in [0.05, 0.1) is 23.4 Å². The Labute approximate surface area is 191 Å². The monoisotopic (exact) mass is 462 g/mol. The number of amides is 2. The summed E-state index contributed by atoms with van der Waals surface area (Å²) in [6, 6.07) is 0. The van der Waals surface area contributed by atoms with Gasteiger partial charge in [-0.25, -0.2) is 9.59 Å². The quantitative estimate of drug-likeness (QED) is 0.425. The van der Waals surface area contributed by atoms with E-state index in [0.29, 0.717) is 0 Å². The maximum Gasteiger partial charge on any atom is 0.410 e. The second kappa shape index (κ2) is 10.1. The fraction of sp³-hybridized carbons (Fsp3) is 0.909. The fourth-order valence-electron chi connectivity index (χ4n) is 3.22. The standard InChI is InChI=1S/C22H42N2O8/c1-19(2,29)13-15(25)21(5,6)31-17(27)23-9-11-24(12-10-23)18(28)32-22(7,8)16(26)14-20(3,4)30/h15-16,25-26,29-30H,9-14H2,1-8H3. The van der Waals surface area contributed by atoms with Gasteiger partial charge in [-0.3, -0.25) is 0 Å². The Balaban J connectivity index is 2.60. The molecule has 1 aliphatic rings. The van der Waals surface area contributed by atoms with Crippen LogP contribution in [-0.4, -0.2) is 103 Å². The second-order valence-corrected chi connectivity index (χ2v) is 11.0. The number of aliphatic hydroxyl groups is 4. The number of rotatable bonds is 8. The SMILES string of the molecule is CC(C)(O)CC(O)C(C)(C)OC(=O)N1CCN(C(=O)OC(C)(C)C(O)CC(C)(C)O)CC1. The lowest BCUT2D eigenvalue weighted by atomic mass is 9.91. The van der Waals surface area contributed by atoms with E-state index in [2.05, 4.69) is 0 Å². The maximum atomic E-state index is 12.5. The van der Waals surface area contributed by atoms with Gasteiger partial charge < -0.3 is 39.7 Å². The van der Waals surface area contributed by atoms with E-state index >= 15 is 0 Å². The molecule has 2 unspecified atom stereocenters. The van der Waals surface area contributed by atoms with Crippen LogP contribution in [0.1, 0.15) is 68.2 Å². The Morgan fingerprint density at radius 2 is 0.938 bits per heavy atom. The van der Waals surface area contributed by atoms with Gasteiger partial charge in [-0.15, -0.1) is 0 Å². The highest BCUT2D eigenvalue weighted by molar-refractivity contribution is 5.71. The van der Waals surface area contributed by atoms with E-state index < -0.39 is 46.8 Å². The number of piperazine rings is 1. The first-order valence-corrected chi connectivity index (χ1v) is 11.0. The summed E-state index contributed by atoms with van der Waals surface area (Å²) in [4.78, 5) is 28.0. The molecule has 10 nitrogen and oxygen atoms in total. The third-order valence-corrected chi connectivity index (χ3v) is 5.49. The molecule has 0 aromatic heterocycles. The Morgan fingerprint density at radius 3 is 1.16 bits per heavy atom. The van der Waals surface area contributed by atoms with Crippen molar-refractivity contribution < 1.29 is 39.5 Å². The first-order valence-electron chi connectivity index (χ1n) is 11.0. The molecular formula is C22H42N2O8. The molecule has 32 heavy (non-hydrogen) atoms. The minimum atomic E-state index is -1.20. The third-order valence-electron chi connectivity index (χ3n) is 5.49. The van der Waals surface area contributed by atoms with Gasteiger partial charge in [0.1, 0.15) is 11.2 Å². The molecule has 0 aromatic carbocycles. The molecule has 1 heterocycles. The molecule has 0 aliphatic carbocycles. The molecule has 4 N–H and O–H groups in total. The number of carbonyl (C=O) groups is 2. The number of hydrogen-bond acceptors (Lipinski definition) is 8. The van der Waals surface area contributed by atoms with E-state index in [1.165, 1.54) is 9.80 Å². The first-order chi connectivity index (χ1) is 14.2. The molecule has 1 fully saturated rings. The van der Waals surface area contributed by atoms with Gasteiger partial charge in [0.2, 0.25) is 0 Å². The summed E-state index contributed by atoms with van der Waals surface area (Å²) in [5.41, 5.74) is -4.62. The van der Waals surface area contributed by atoms with E-state index in [1.807, 2.05) is 0 Å². The maximum absolute atomic E-state index is 12.5. The second-order valence-electron chi connectivity index (χ2n) is 11.0. The number of aliphatic hydroxyl groups excluding tert-OH is 2. The smallest absolute Gasteiger partial charge is 0.410 e. The van der Waals surface area contributed by atoms with Gasteiger partial charge in [-0.05, 0) is 55.4 Å². The zero-order chi connectivity index (χ0) is 25.1. The zero-order valence-electron chi connectivity index (χ0n) is 20.7. The van der Waals surface area contributed by atoms with Crippen molar-refractivity contribution in [3.05, 3.63) is 0 Å². The molecule has 2 amide bonds. The van der Waals surface area contributed by atoms with Crippen LogP contribution < -0.4 is 0 Å². The van der Waals surface area contributed by atoms with Crippen LogP contribution in [0.3, 0.4) is 0 Å². The number of carbonyl (C=O) groups excluding carboxylic acids is 2. The van der Waals surface area contributed by atoms with Crippen molar-refractivity contribution in [1.82, 2.24) is 9.80 Å². The Hall–Kier alpha value is -1.62. The van der Waals surface area contributed by atoms with Gasteiger partial charge in [0, 0.05) is 39.0 Å². The van der Waals surface area contributed by atoms with Crippen LogP contribution >= 0.6 is 0 Å². The first kappa shape index (κ1) is 28.4. The van der Waals surface area contributed by atoms with Crippen molar-refractivity contribution >= 4 is 12.2 Å². The van der Waals surface area contributed by atoms with Crippen molar-refractivity contribution in [3.8, 4) is 0 Å². The van der Waals surface area contributed by atoms with Crippen LogP contribution in [0.25, 0.3) is 0 Å². The molecule has 0 aromatic rings. The highest BCUT2D eigenvalue weighted by Gasteiger charge is 2.39. The molecular weight excluding hydrogens is 420 g/mol. The predicted octanol–water partition coefficient (Wildman–Crippen LogP) is 1.48. The van der Waals surface area contributed by atoms with E-state index in [9.17, 15) is 30.0 Å². The number of ether oxygens (including phenoxy) is 2. The Morgan fingerprint density at radius 1 is 0.688 bits per heavy atom. The predicted molar refractivity (Wildman–Crippen MR) is 118 cm³/mol. The van der Waals surface area contributed by atoms with Gasteiger partial charge in [0.15, 0.2) is 0 Å². The molecule has 0 spiro atoms. The fourth-order valence-corrected chi connectivity index (χ4v) is 3.22. The lowest BCUT2D eigenvalue weighted by molar-refractivity contribution is -0.102. The lowest BCUT2D eigenvalue weighted by Gasteiger charge is -2.39. The summed E-state index contributed by atoms with van der Waals surface area (Å²) in [5, 5.41) is 40.5. The zero-order valence-corrected chi connectivity index (χ0v) is 20.7. The minimum absolute atomic E-state index is 0.0436. The average molecular weight is 463 g/mol. The largest absolute Gasteiger partial charge is 0.441 e. The normalized spacial score (nSPS) is 18.2. The summed E-state index contributed by atoms with van der Waals surface area (Å²) in [7, 11) is 0.